The van der Waals surface area contributed by atoms with E-state index in [2.05, 4.69) is 39.7 Å². The number of benzene rings is 1. The SMILES string of the molecule is CC1CN(C)CCN1c1ccc(Br)cc1C(=N)N. The minimum Gasteiger partial charge on any atom is -0.384 e. The van der Waals surface area contributed by atoms with Gasteiger partial charge >= 0.3 is 0 Å². The Labute approximate surface area is 116 Å². The molecule has 1 heterocycles. The monoisotopic (exact) mass is 310 g/mol. The van der Waals surface area contributed by atoms with Crippen LogP contribution in [0.15, 0.2) is 22.7 Å². The Balaban J connectivity index is 2.35. The number of likely N-dealkylation sites (N-methyl/N-ethyl adjacent to an activating group) is 1. The number of amidine groups is 1. The van der Waals surface area contributed by atoms with E-state index in [1.807, 2.05) is 18.2 Å². The average molecular weight is 311 g/mol. The van der Waals surface area contributed by atoms with Gasteiger partial charge in [-0.05, 0) is 32.2 Å². The molecule has 0 bridgehead atoms. The van der Waals surface area contributed by atoms with Crippen LogP contribution in [0.5, 0.6) is 0 Å². The smallest absolute Gasteiger partial charge is 0.124 e. The van der Waals surface area contributed by atoms with Crippen LogP contribution in [-0.2, 0) is 0 Å². The van der Waals surface area contributed by atoms with E-state index < -0.39 is 0 Å². The second-order valence-corrected chi connectivity index (χ2v) is 5.80. The van der Waals surface area contributed by atoms with E-state index in [-0.39, 0.29) is 5.84 Å². The van der Waals surface area contributed by atoms with Crippen molar-refractivity contribution in [3.8, 4) is 0 Å². The molecule has 1 aliphatic rings. The number of nitrogens with two attached hydrogens (primary N) is 1. The van der Waals surface area contributed by atoms with Crippen molar-refractivity contribution >= 4 is 27.5 Å². The van der Waals surface area contributed by atoms with E-state index in [4.69, 9.17) is 11.1 Å². The zero-order chi connectivity index (χ0) is 13.3. The molecule has 1 unspecified atom stereocenters. The first-order valence-electron chi connectivity index (χ1n) is 6.08. The number of nitrogen functional groups attached to an aromatic ring is 1. The Morgan fingerprint density at radius 2 is 2.17 bits per heavy atom. The molecule has 4 nitrogen and oxygen atoms in total. The molecule has 1 aromatic rings. The van der Waals surface area contributed by atoms with Crippen molar-refractivity contribution in [3.63, 3.8) is 0 Å². The molecule has 2 rings (SSSR count). The van der Waals surface area contributed by atoms with Gasteiger partial charge < -0.3 is 15.5 Å². The number of anilines is 1. The van der Waals surface area contributed by atoms with Crippen molar-refractivity contribution < 1.29 is 0 Å². The van der Waals surface area contributed by atoms with Gasteiger partial charge in [0.25, 0.3) is 0 Å². The van der Waals surface area contributed by atoms with Gasteiger partial charge in [0, 0.05) is 41.4 Å². The Bertz CT molecular complexity index is 460. The lowest BCUT2D eigenvalue weighted by Crippen LogP contribution is -2.51. The second kappa shape index (κ2) is 5.28. The Kier molecular flexibility index (Phi) is 3.92. The second-order valence-electron chi connectivity index (χ2n) is 4.88. The molecule has 1 saturated heterocycles. The molecular weight excluding hydrogens is 292 g/mol. The Morgan fingerprint density at radius 1 is 1.44 bits per heavy atom. The third-order valence-corrected chi connectivity index (χ3v) is 3.88. The standard InChI is InChI=1S/C13H19BrN4/c1-9-8-17(2)5-6-18(9)12-4-3-10(14)7-11(12)13(15)16/h3-4,7,9H,5-6,8H2,1-2H3,(H3,15,16). The van der Waals surface area contributed by atoms with Gasteiger partial charge in [-0.2, -0.15) is 0 Å². The summed E-state index contributed by atoms with van der Waals surface area (Å²) in [5, 5.41) is 7.72. The number of hydrogen-bond acceptors (Lipinski definition) is 3. The largest absolute Gasteiger partial charge is 0.384 e. The van der Waals surface area contributed by atoms with E-state index >= 15 is 0 Å². The maximum atomic E-state index is 7.72. The number of hydrogen-bond donors (Lipinski definition) is 2. The van der Waals surface area contributed by atoms with E-state index in [9.17, 15) is 0 Å². The van der Waals surface area contributed by atoms with Gasteiger partial charge in [-0.1, -0.05) is 15.9 Å². The molecular formula is C13H19BrN4. The lowest BCUT2D eigenvalue weighted by atomic mass is 10.1. The van der Waals surface area contributed by atoms with Gasteiger partial charge in [0.2, 0.25) is 0 Å². The van der Waals surface area contributed by atoms with Crippen LogP contribution in [0.3, 0.4) is 0 Å². The van der Waals surface area contributed by atoms with E-state index in [0.29, 0.717) is 6.04 Å². The molecule has 18 heavy (non-hydrogen) atoms. The summed E-state index contributed by atoms with van der Waals surface area (Å²) in [4.78, 5) is 4.66. The maximum Gasteiger partial charge on any atom is 0.124 e. The van der Waals surface area contributed by atoms with E-state index in [0.717, 1.165) is 35.4 Å². The first kappa shape index (κ1) is 13.4. The first-order chi connectivity index (χ1) is 8.49. The predicted octanol–water partition coefficient (Wildman–Crippen LogP) is 1.87. The van der Waals surface area contributed by atoms with Crippen LogP contribution in [-0.4, -0.2) is 43.5 Å². The molecule has 1 atom stereocenters. The summed E-state index contributed by atoms with van der Waals surface area (Å²) < 4.78 is 0.957. The Morgan fingerprint density at radius 3 is 2.78 bits per heavy atom. The van der Waals surface area contributed by atoms with Gasteiger partial charge in [-0.25, -0.2) is 0 Å². The third-order valence-electron chi connectivity index (χ3n) is 3.39. The van der Waals surface area contributed by atoms with Gasteiger partial charge in [-0.15, -0.1) is 0 Å². The highest BCUT2D eigenvalue weighted by atomic mass is 79.9. The molecule has 0 radical (unpaired) electrons. The molecule has 5 heteroatoms. The number of nitrogens with one attached hydrogen (secondary N) is 1. The van der Waals surface area contributed by atoms with Gasteiger partial charge in [0.15, 0.2) is 0 Å². The summed E-state index contributed by atoms with van der Waals surface area (Å²) in [6.07, 6.45) is 0. The van der Waals surface area contributed by atoms with Crippen molar-refractivity contribution in [1.82, 2.24) is 4.90 Å². The van der Waals surface area contributed by atoms with Crippen LogP contribution < -0.4 is 10.6 Å². The van der Waals surface area contributed by atoms with Crippen LogP contribution in [0.2, 0.25) is 0 Å². The normalized spacial score (nSPS) is 21.1. The van der Waals surface area contributed by atoms with Crippen LogP contribution in [0.1, 0.15) is 12.5 Å². The third kappa shape index (κ3) is 2.67. The molecule has 0 spiro atoms. The summed E-state index contributed by atoms with van der Waals surface area (Å²) in [5.74, 6) is 0.123. The number of piperazine rings is 1. The fourth-order valence-corrected chi connectivity index (χ4v) is 2.83. The molecule has 1 aliphatic heterocycles. The summed E-state index contributed by atoms with van der Waals surface area (Å²) in [5.41, 5.74) is 7.56. The lowest BCUT2D eigenvalue weighted by molar-refractivity contribution is 0.275. The summed E-state index contributed by atoms with van der Waals surface area (Å²) in [7, 11) is 2.14. The molecule has 0 saturated carbocycles. The number of nitrogens with zero attached hydrogens (tertiary/aromatic N) is 2. The summed E-state index contributed by atoms with van der Waals surface area (Å²) in [6, 6.07) is 6.40. The summed E-state index contributed by atoms with van der Waals surface area (Å²) in [6.45, 7) is 5.26. The Hall–Kier alpha value is -1.07. The molecule has 98 valence electrons. The molecule has 1 aromatic carbocycles. The van der Waals surface area contributed by atoms with Crippen LogP contribution in [0.4, 0.5) is 5.69 Å². The van der Waals surface area contributed by atoms with Gasteiger partial charge in [0.1, 0.15) is 5.84 Å². The fraction of sp³-hybridized carbons (Fsp3) is 0.462. The van der Waals surface area contributed by atoms with Crippen molar-refractivity contribution in [1.29, 1.82) is 5.41 Å². The zero-order valence-electron chi connectivity index (χ0n) is 10.8. The summed E-state index contributed by atoms with van der Waals surface area (Å²) >= 11 is 3.43. The van der Waals surface area contributed by atoms with Crippen molar-refractivity contribution in [2.75, 3.05) is 31.6 Å². The maximum absolute atomic E-state index is 7.72. The van der Waals surface area contributed by atoms with E-state index in [1.54, 1.807) is 0 Å². The molecule has 0 aromatic heterocycles. The number of halogens is 1. The quantitative estimate of drug-likeness (QED) is 0.648. The van der Waals surface area contributed by atoms with Gasteiger partial charge in [-0.3, -0.25) is 5.41 Å². The topological polar surface area (TPSA) is 56.4 Å². The number of rotatable bonds is 2. The zero-order valence-corrected chi connectivity index (χ0v) is 12.4. The van der Waals surface area contributed by atoms with Crippen molar-refractivity contribution in [3.05, 3.63) is 28.2 Å². The lowest BCUT2D eigenvalue weighted by Gasteiger charge is -2.40. The van der Waals surface area contributed by atoms with Crippen molar-refractivity contribution in [2.45, 2.75) is 13.0 Å². The minimum atomic E-state index is 0.123. The average Bonchev–Trinajstić information content (AvgIpc) is 2.29. The predicted molar refractivity (Wildman–Crippen MR) is 79.5 cm³/mol. The van der Waals surface area contributed by atoms with Crippen LogP contribution in [0.25, 0.3) is 0 Å². The highest BCUT2D eigenvalue weighted by molar-refractivity contribution is 9.10. The molecule has 1 fully saturated rings. The van der Waals surface area contributed by atoms with Crippen LogP contribution in [0, 0.1) is 5.41 Å². The van der Waals surface area contributed by atoms with E-state index in [1.165, 1.54) is 0 Å². The molecule has 0 aliphatic carbocycles. The molecule has 3 N–H and O–H groups in total. The highest BCUT2D eigenvalue weighted by Gasteiger charge is 2.24. The van der Waals surface area contributed by atoms with Crippen LogP contribution >= 0.6 is 15.9 Å². The van der Waals surface area contributed by atoms with Gasteiger partial charge in [0.05, 0.1) is 0 Å². The fourth-order valence-electron chi connectivity index (χ4n) is 2.47. The minimum absolute atomic E-state index is 0.123. The first-order valence-corrected chi connectivity index (χ1v) is 6.87. The highest BCUT2D eigenvalue weighted by Crippen LogP contribution is 2.27. The molecule has 0 amide bonds. The van der Waals surface area contributed by atoms with Crippen molar-refractivity contribution in [2.24, 2.45) is 5.73 Å².